The number of carbonyl (C=O) groups excluding carboxylic acids is 3. The molecule has 4 rings (SSSR count). The molecule has 1 saturated heterocycles. The molecule has 2 atom stereocenters. The van der Waals surface area contributed by atoms with Gasteiger partial charge in [-0.05, 0) is 54.8 Å². The summed E-state index contributed by atoms with van der Waals surface area (Å²) in [7, 11) is 0. The van der Waals surface area contributed by atoms with Crippen LogP contribution in [0.2, 0.25) is 10.0 Å². The molecule has 7 heteroatoms. The molecule has 5 nitrogen and oxygen atoms in total. The van der Waals surface area contributed by atoms with Crippen LogP contribution in [-0.4, -0.2) is 17.8 Å². The molecule has 0 unspecified atom stereocenters. The van der Waals surface area contributed by atoms with E-state index < -0.39 is 5.97 Å². The van der Waals surface area contributed by atoms with Crippen LogP contribution in [0.1, 0.15) is 28.8 Å². The van der Waals surface area contributed by atoms with E-state index in [1.165, 1.54) is 4.90 Å². The number of hydrogen-bond donors (Lipinski definition) is 0. The molecule has 0 N–H and O–H groups in total. The molecule has 1 heterocycles. The van der Waals surface area contributed by atoms with Crippen molar-refractivity contribution in [2.24, 2.45) is 11.8 Å². The van der Waals surface area contributed by atoms with Crippen molar-refractivity contribution in [3.05, 3.63) is 75.8 Å². The summed E-state index contributed by atoms with van der Waals surface area (Å²) >= 11 is 11.8. The topological polar surface area (TPSA) is 63.7 Å². The molecule has 2 aromatic carbocycles. The van der Waals surface area contributed by atoms with E-state index in [2.05, 4.69) is 0 Å². The minimum Gasteiger partial charge on any atom is -0.457 e. The smallest absolute Gasteiger partial charge is 0.338 e. The highest BCUT2D eigenvalue weighted by Gasteiger charge is 2.47. The molecule has 2 amide bonds. The van der Waals surface area contributed by atoms with Gasteiger partial charge >= 0.3 is 5.97 Å². The lowest BCUT2D eigenvalue weighted by molar-refractivity contribution is -0.122. The summed E-state index contributed by atoms with van der Waals surface area (Å²) in [6.07, 6.45) is 5.07. The summed E-state index contributed by atoms with van der Waals surface area (Å²) in [6, 6.07) is 11.3. The monoisotopic (exact) mass is 429 g/mol. The van der Waals surface area contributed by atoms with E-state index in [0.717, 1.165) is 0 Å². The van der Waals surface area contributed by atoms with E-state index in [4.69, 9.17) is 27.9 Å². The fraction of sp³-hybridized carbons (Fsp3) is 0.227. The van der Waals surface area contributed by atoms with Crippen molar-refractivity contribution in [1.29, 1.82) is 0 Å². The lowest BCUT2D eigenvalue weighted by Gasteiger charge is -2.15. The van der Waals surface area contributed by atoms with Crippen molar-refractivity contribution in [2.45, 2.75) is 19.4 Å². The van der Waals surface area contributed by atoms with Gasteiger partial charge in [-0.15, -0.1) is 0 Å². The van der Waals surface area contributed by atoms with Gasteiger partial charge in [0.1, 0.15) is 6.61 Å². The molecule has 0 radical (unpaired) electrons. The van der Waals surface area contributed by atoms with Gasteiger partial charge in [0.05, 0.1) is 33.1 Å². The van der Waals surface area contributed by atoms with E-state index in [1.54, 1.807) is 42.5 Å². The zero-order valence-corrected chi connectivity index (χ0v) is 16.8. The minimum atomic E-state index is -0.514. The first-order valence-corrected chi connectivity index (χ1v) is 9.95. The Balaban J connectivity index is 1.43. The first kappa shape index (κ1) is 19.7. The maximum absolute atomic E-state index is 12.6. The van der Waals surface area contributed by atoms with Gasteiger partial charge in [0.15, 0.2) is 0 Å². The normalized spacial score (nSPS) is 20.7. The van der Waals surface area contributed by atoms with Crippen LogP contribution >= 0.6 is 23.2 Å². The fourth-order valence-electron chi connectivity index (χ4n) is 3.66. The molecule has 1 aliphatic heterocycles. The molecule has 0 saturated carbocycles. The van der Waals surface area contributed by atoms with Gasteiger partial charge < -0.3 is 4.74 Å². The Morgan fingerprint density at radius 3 is 2.14 bits per heavy atom. The van der Waals surface area contributed by atoms with Gasteiger partial charge in [-0.2, -0.15) is 0 Å². The Hall–Kier alpha value is -2.63. The van der Waals surface area contributed by atoms with E-state index in [9.17, 15) is 14.4 Å². The standard InChI is InChI=1S/C22H17Cl2NO4/c23-18-10-5-13(11-19(18)24)12-29-22(28)14-6-8-15(9-7-14)25-20(26)16-3-1-2-4-17(16)21(25)27/h1-2,5-11,16-17H,3-4,12H2/t16-,17-/m0/s1. The van der Waals surface area contributed by atoms with Crippen LogP contribution < -0.4 is 4.90 Å². The average Bonchev–Trinajstić information content (AvgIpc) is 2.99. The van der Waals surface area contributed by atoms with Crippen molar-refractivity contribution in [3.63, 3.8) is 0 Å². The van der Waals surface area contributed by atoms with Crippen LogP contribution in [-0.2, 0) is 20.9 Å². The SMILES string of the molecule is O=C(OCc1ccc(Cl)c(Cl)c1)c1ccc(N2C(=O)[C@H]3CC=CC[C@@H]3C2=O)cc1. The number of nitrogens with zero attached hydrogens (tertiary/aromatic N) is 1. The zero-order valence-electron chi connectivity index (χ0n) is 15.3. The Morgan fingerprint density at radius 2 is 1.55 bits per heavy atom. The van der Waals surface area contributed by atoms with Crippen LogP contribution in [0.4, 0.5) is 5.69 Å². The van der Waals surface area contributed by atoms with Crippen LogP contribution in [0.15, 0.2) is 54.6 Å². The average molecular weight is 430 g/mol. The van der Waals surface area contributed by atoms with E-state index in [0.29, 0.717) is 39.7 Å². The second kappa shape index (κ2) is 8.01. The third-order valence-corrected chi connectivity index (χ3v) is 5.96. The second-order valence-electron chi connectivity index (χ2n) is 7.04. The Labute approximate surface area is 177 Å². The van der Waals surface area contributed by atoms with Crippen LogP contribution in [0, 0.1) is 11.8 Å². The zero-order chi connectivity index (χ0) is 20.5. The molecule has 2 aliphatic rings. The number of hydrogen-bond acceptors (Lipinski definition) is 4. The Bertz CT molecular complexity index is 990. The highest BCUT2D eigenvalue weighted by atomic mass is 35.5. The van der Waals surface area contributed by atoms with Crippen molar-refractivity contribution >= 4 is 46.7 Å². The van der Waals surface area contributed by atoms with Crippen molar-refractivity contribution in [2.75, 3.05) is 4.90 Å². The lowest BCUT2D eigenvalue weighted by atomic mass is 9.85. The largest absolute Gasteiger partial charge is 0.457 e. The third kappa shape index (κ3) is 3.80. The maximum Gasteiger partial charge on any atom is 0.338 e. The summed E-state index contributed by atoms with van der Waals surface area (Å²) in [4.78, 5) is 38.8. The molecular formula is C22H17Cl2NO4. The number of imide groups is 1. The molecule has 0 aromatic heterocycles. The minimum absolute atomic E-state index is 0.0525. The summed E-state index contributed by atoms with van der Waals surface area (Å²) in [5.74, 6) is -1.45. The Kier molecular flexibility index (Phi) is 5.43. The van der Waals surface area contributed by atoms with Gasteiger partial charge in [0.25, 0.3) is 0 Å². The molecule has 29 heavy (non-hydrogen) atoms. The first-order valence-electron chi connectivity index (χ1n) is 9.19. The van der Waals surface area contributed by atoms with Crippen LogP contribution in [0.5, 0.6) is 0 Å². The van der Waals surface area contributed by atoms with Gasteiger partial charge in [-0.1, -0.05) is 41.4 Å². The third-order valence-electron chi connectivity index (χ3n) is 5.22. The van der Waals surface area contributed by atoms with E-state index in [1.807, 2.05) is 12.2 Å². The predicted molar refractivity (Wildman–Crippen MR) is 110 cm³/mol. The number of carbonyl (C=O) groups is 3. The highest BCUT2D eigenvalue weighted by Crippen LogP contribution is 2.37. The number of amides is 2. The van der Waals surface area contributed by atoms with Gasteiger partial charge in [0.2, 0.25) is 11.8 Å². The summed E-state index contributed by atoms with van der Waals surface area (Å²) in [5.41, 5.74) is 1.51. The number of anilines is 1. The molecule has 148 valence electrons. The second-order valence-corrected chi connectivity index (χ2v) is 7.85. The molecule has 0 spiro atoms. The quantitative estimate of drug-likeness (QED) is 0.397. The van der Waals surface area contributed by atoms with Crippen molar-refractivity contribution < 1.29 is 19.1 Å². The van der Waals surface area contributed by atoms with Crippen molar-refractivity contribution in [1.82, 2.24) is 0 Å². The fourth-order valence-corrected chi connectivity index (χ4v) is 3.98. The van der Waals surface area contributed by atoms with Crippen molar-refractivity contribution in [3.8, 4) is 0 Å². The maximum atomic E-state index is 12.6. The van der Waals surface area contributed by atoms with E-state index in [-0.39, 0.29) is 30.3 Å². The molecule has 1 aliphatic carbocycles. The number of rotatable bonds is 4. The summed E-state index contributed by atoms with van der Waals surface area (Å²) < 4.78 is 5.30. The van der Waals surface area contributed by atoms with Gasteiger partial charge in [-0.25, -0.2) is 4.79 Å². The predicted octanol–water partition coefficient (Wildman–Crippen LogP) is 4.81. The number of allylic oxidation sites excluding steroid dienone is 2. The van der Waals surface area contributed by atoms with Gasteiger partial charge in [-0.3, -0.25) is 14.5 Å². The number of halogens is 2. The molecule has 1 fully saturated rings. The number of ether oxygens (including phenoxy) is 1. The van der Waals surface area contributed by atoms with Gasteiger partial charge in [0, 0.05) is 0 Å². The summed E-state index contributed by atoms with van der Waals surface area (Å²) in [6.45, 7) is 0.0525. The molecule has 2 aromatic rings. The highest BCUT2D eigenvalue weighted by molar-refractivity contribution is 6.42. The molecule has 0 bridgehead atoms. The molecular weight excluding hydrogens is 413 g/mol. The Morgan fingerprint density at radius 1 is 0.931 bits per heavy atom. The van der Waals surface area contributed by atoms with E-state index >= 15 is 0 Å². The summed E-state index contributed by atoms with van der Waals surface area (Å²) in [5, 5.41) is 0.819. The number of fused-ring (bicyclic) bond motifs is 1. The first-order chi connectivity index (χ1) is 14.0. The van der Waals surface area contributed by atoms with Crippen LogP contribution in [0.25, 0.3) is 0 Å². The number of esters is 1. The number of benzene rings is 2. The lowest BCUT2D eigenvalue weighted by Crippen LogP contribution is -2.30. The van der Waals surface area contributed by atoms with Crippen LogP contribution in [0.3, 0.4) is 0 Å².